The number of rotatable bonds is 9. The zero-order valence-electron chi connectivity index (χ0n) is 19.4. The highest BCUT2D eigenvalue weighted by Gasteiger charge is 2.35. The lowest BCUT2D eigenvalue weighted by Gasteiger charge is -2.21. The van der Waals surface area contributed by atoms with Gasteiger partial charge in [0.15, 0.2) is 6.61 Å². The SMILES string of the molecule is N#CCCN(C(=O)COC(=O)c1ccc2c(c1)C(=O)N(CCc1ccccc1)C2=O)c1ccccc1. The second kappa shape index (κ2) is 11.1. The number of nitrogens with zero attached hydrogens (tertiary/aromatic N) is 3. The number of carbonyl (C=O) groups is 4. The van der Waals surface area contributed by atoms with Gasteiger partial charge in [-0.2, -0.15) is 5.26 Å². The van der Waals surface area contributed by atoms with Gasteiger partial charge in [-0.05, 0) is 42.3 Å². The third-order valence-corrected chi connectivity index (χ3v) is 5.82. The van der Waals surface area contributed by atoms with Crippen molar-refractivity contribution in [2.24, 2.45) is 0 Å². The third kappa shape index (κ3) is 5.31. The van der Waals surface area contributed by atoms with Crippen molar-refractivity contribution >= 4 is 29.4 Å². The number of benzene rings is 3. The lowest BCUT2D eigenvalue weighted by atomic mass is 10.1. The summed E-state index contributed by atoms with van der Waals surface area (Å²) >= 11 is 0. The average molecular weight is 482 g/mol. The van der Waals surface area contributed by atoms with E-state index in [1.165, 1.54) is 28.0 Å². The van der Waals surface area contributed by atoms with E-state index >= 15 is 0 Å². The number of anilines is 1. The average Bonchev–Trinajstić information content (AvgIpc) is 3.16. The minimum Gasteiger partial charge on any atom is -0.452 e. The Labute approximate surface area is 208 Å². The molecule has 0 atom stereocenters. The highest BCUT2D eigenvalue weighted by Crippen LogP contribution is 2.25. The molecule has 0 aliphatic carbocycles. The molecule has 1 aliphatic heterocycles. The van der Waals surface area contributed by atoms with E-state index in [-0.39, 0.29) is 36.2 Å². The summed E-state index contributed by atoms with van der Waals surface area (Å²) in [4.78, 5) is 53.5. The highest BCUT2D eigenvalue weighted by atomic mass is 16.5. The second-order valence-electron chi connectivity index (χ2n) is 8.12. The predicted molar refractivity (Wildman–Crippen MR) is 131 cm³/mol. The summed E-state index contributed by atoms with van der Waals surface area (Å²) in [5.74, 6) is -2.15. The summed E-state index contributed by atoms with van der Waals surface area (Å²) in [7, 11) is 0. The zero-order valence-corrected chi connectivity index (χ0v) is 19.4. The molecule has 0 radical (unpaired) electrons. The van der Waals surface area contributed by atoms with Crippen molar-refractivity contribution in [2.75, 3.05) is 24.6 Å². The van der Waals surface area contributed by atoms with Crippen LogP contribution in [0.15, 0.2) is 78.9 Å². The van der Waals surface area contributed by atoms with E-state index < -0.39 is 30.3 Å². The summed E-state index contributed by atoms with van der Waals surface area (Å²) in [5.41, 5.74) is 2.02. The summed E-state index contributed by atoms with van der Waals surface area (Å²) in [5, 5.41) is 8.91. The minimum atomic E-state index is -0.789. The molecular formula is C28H23N3O5. The molecule has 36 heavy (non-hydrogen) atoms. The quantitative estimate of drug-likeness (QED) is 0.341. The fraction of sp³-hybridized carbons (Fsp3) is 0.179. The lowest BCUT2D eigenvalue weighted by molar-refractivity contribution is -0.121. The molecule has 180 valence electrons. The first-order valence-corrected chi connectivity index (χ1v) is 11.4. The van der Waals surface area contributed by atoms with Crippen LogP contribution in [-0.2, 0) is 16.0 Å². The molecule has 0 fully saturated rings. The molecule has 0 N–H and O–H groups in total. The Hall–Kier alpha value is -4.77. The zero-order chi connectivity index (χ0) is 25.5. The van der Waals surface area contributed by atoms with E-state index in [4.69, 9.17) is 10.00 Å². The fourth-order valence-corrected chi connectivity index (χ4v) is 3.96. The van der Waals surface area contributed by atoms with E-state index in [0.717, 1.165) is 5.56 Å². The van der Waals surface area contributed by atoms with Gasteiger partial charge in [0.2, 0.25) is 0 Å². The maximum atomic E-state index is 12.9. The number of ether oxygens (including phenoxy) is 1. The van der Waals surface area contributed by atoms with Gasteiger partial charge in [0.1, 0.15) is 0 Å². The number of nitriles is 1. The molecule has 3 aromatic carbocycles. The number of hydrogen-bond acceptors (Lipinski definition) is 6. The number of amides is 3. The Kier molecular flexibility index (Phi) is 7.51. The van der Waals surface area contributed by atoms with Crippen molar-refractivity contribution in [1.82, 2.24) is 4.90 Å². The molecule has 3 aromatic rings. The van der Waals surface area contributed by atoms with Crippen molar-refractivity contribution in [1.29, 1.82) is 5.26 Å². The number of fused-ring (bicyclic) bond motifs is 1. The lowest BCUT2D eigenvalue weighted by Crippen LogP contribution is -2.35. The van der Waals surface area contributed by atoms with Crippen LogP contribution in [0, 0.1) is 11.3 Å². The van der Waals surface area contributed by atoms with Crippen LogP contribution < -0.4 is 4.90 Å². The topological polar surface area (TPSA) is 108 Å². The van der Waals surface area contributed by atoms with Gasteiger partial charge in [-0.1, -0.05) is 48.5 Å². The van der Waals surface area contributed by atoms with Gasteiger partial charge in [0, 0.05) is 18.8 Å². The number of para-hydroxylation sites is 1. The van der Waals surface area contributed by atoms with Gasteiger partial charge >= 0.3 is 5.97 Å². The van der Waals surface area contributed by atoms with Crippen molar-refractivity contribution in [3.8, 4) is 6.07 Å². The van der Waals surface area contributed by atoms with Crippen LogP contribution in [0.25, 0.3) is 0 Å². The van der Waals surface area contributed by atoms with Gasteiger partial charge in [-0.25, -0.2) is 4.79 Å². The predicted octanol–water partition coefficient (Wildman–Crippen LogP) is 3.63. The summed E-state index contributed by atoms with van der Waals surface area (Å²) in [6.45, 7) is -0.153. The van der Waals surface area contributed by atoms with Crippen molar-refractivity contribution in [3.63, 3.8) is 0 Å². The van der Waals surface area contributed by atoms with Crippen LogP contribution in [0.3, 0.4) is 0 Å². The monoisotopic (exact) mass is 481 g/mol. The Bertz CT molecular complexity index is 1330. The Morgan fingerprint density at radius 2 is 1.56 bits per heavy atom. The first-order valence-electron chi connectivity index (χ1n) is 11.4. The minimum absolute atomic E-state index is 0.0656. The van der Waals surface area contributed by atoms with E-state index in [1.54, 1.807) is 30.3 Å². The third-order valence-electron chi connectivity index (χ3n) is 5.82. The molecule has 8 nitrogen and oxygen atoms in total. The molecule has 8 heteroatoms. The number of hydrogen-bond donors (Lipinski definition) is 0. The first kappa shape index (κ1) is 24.4. The Balaban J connectivity index is 1.41. The number of imide groups is 1. The normalized spacial score (nSPS) is 12.1. The smallest absolute Gasteiger partial charge is 0.338 e. The molecule has 1 heterocycles. The summed E-state index contributed by atoms with van der Waals surface area (Å²) in [6.07, 6.45) is 0.642. The standard InChI is InChI=1S/C28H23N3O5/c29-15-7-16-30(22-10-5-2-6-11-22)25(32)19-36-28(35)21-12-13-23-24(18-21)27(34)31(26(23)33)17-14-20-8-3-1-4-9-20/h1-6,8-13,18H,7,14,16-17,19H2. The van der Waals surface area contributed by atoms with Crippen LogP contribution in [0.1, 0.15) is 43.1 Å². The van der Waals surface area contributed by atoms with Crippen molar-refractivity contribution in [2.45, 2.75) is 12.8 Å². The van der Waals surface area contributed by atoms with E-state index in [0.29, 0.717) is 12.1 Å². The number of esters is 1. The molecule has 3 amide bonds. The van der Waals surface area contributed by atoms with Crippen molar-refractivity contribution in [3.05, 3.63) is 101 Å². The fourth-order valence-electron chi connectivity index (χ4n) is 3.96. The van der Waals surface area contributed by atoms with Gasteiger partial charge in [-0.15, -0.1) is 0 Å². The summed E-state index contributed by atoms with van der Waals surface area (Å²) < 4.78 is 5.20. The Morgan fingerprint density at radius 3 is 2.25 bits per heavy atom. The highest BCUT2D eigenvalue weighted by molar-refractivity contribution is 6.22. The molecule has 0 spiro atoms. The largest absolute Gasteiger partial charge is 0.452 e. The van der Waals surface area contributed by atoms with Crippen LogP contribution in [-0.4, -0.2) is 48.3 Å². The van der Waals surface area contributed by atoms with Crippen LogP contribution in [0.4, 0.5) is 5.69 Å². The molecule has 0 unspecified atom stereocenters. The maximum Gasteiger partial charge on any atom is 0.338 e. The van der Waals surface area contributed by atoms with E-state index in [2.05, 4.69) is 0 Å². The summed E-state index contributed by atoms with van der Waals surface area (Å²) in [6, 6.07) is 24.5. The van der Waals surface area contributed by atoms with Gasteiger partial charge in [0.05, 0.1) is 29.2 Å². The van der Waals surface area contributed by atoms with Crippen LogP contribution in [0.2, 0.25) is 0 Å². The van der Waals surface area contributed by atoms with Crippen LogP contribution >= 0.6 is 0 Å². The Morgan fingerprint density at radius 1 is 0.889 bits per heavy atom. The van der Waals surface area contributed by atoms with Gasteiger partial charge in [-0.3, -0.25) is 19.3 Å². The van der Waals surface area contributed by atoms with E-state index in [9.17, 15) is 19.2 Å². The van der Waals surface area contributed by atoms with Crippen molar-refractivity contribution < 1.29 is 23.9 Å². The molecule has 0 saturated carbocycles. The molecule has 0 aromatic heterocycles. The molecule has 0 bridgehead atoms. The molecule has 1 aliphatic rings. The molecular weight excluding hydrogens is 458 g/mol. The number of carbonyl (C=O) groups excluding carboxylic acids is 4. The van der Waals surface area contributed by atoms with E-state index in [1.807, 2.05) is 36.4 Å². The molecule has 0 saturated heterocycles. The van der Waals surface area contributed by atoms with Crippen LogP contribution in [0.5, 0.6) is 0 Å². The second-order valence-corrected chi connectivity index (χ2v) is 8.12. The molecule has 4 rings (SSSR count). The van der Waals surface area contributed by atoms with Gasteiger partial charge < -0.3 is 9.64 Å². The van der Waals surface area contributed by atoms with Gasteiger partial charge in [0.25, 0.3) is 17.7 Å². The first-order chi connectivity index (χ1) is 17.5. The maximum absolute atomic E-state index is 12.9.